The summed E-state index contributed by atoms with van der Waals surface area (Å²) in [4.78, 5) is 42.8. The highest BCUT2D eigenvalue weighted by Crippen LogP contribution is 2.29. The van der Waals surface area contributed by atoms with Gasteiger partial charge in [-0.05, 0) is 36.8 Å². The Bertz CT molecular complexity index is 720. The lowest BCUT2D eigenvalue weighted by Crippen LogP contribution is -2.56. The van der Waals surface area contributed by atoms with Crippen LogP contribution in [0, 0.1) is 12.8 Å². The number of carbonyl (C=O) groups is 3. The molecule has 2 heterocycles. The summed E-state index contributed by atoms with van der Waals surface area (Å²) in [5.74, 6) is -0.355. The first-order valence-electron chi connectivity index (χ1n) is 9.92. The van der Waals surface area contributed by atoms with E-state index in [2.05, 4.69) is 5.32 Å². The first-order valence-corrected chi connectivity index (χ1v) is 10.8. The van der Waals surface area contributed by atoms with E-state index in [9.17, 15) is 14.4 Å². The molecule has 2 fully saturated rings. The highest BCUT2D eigenvalue weighted by Gasteiger charge is 2.37. The molecular formula is C20H29N3O4S. The molecule has 1 aliphatic carbocycles. The Labute approximate surface area is 170 Å². The fourth-order valence-electron chi connectivity index (χ4n) is 4.20. The molecule has 2 aliphatic rings. The van der Waals surface area contributed by atoms with Gasteiger partial charge >= 0.3 is 0 Å². The van der Waals surface area contributed by atoms with Gasteiger partial charge in [-0.2, -0.15) is 0 Å². The van der Waals surface area contributed by atoms with E-state index in [1.807, 2.05) is 18.4 Å². The summed E-state index contributed by atoms with van der Waals surface area (Å²) in [6.07, 6.45) is 3.61. The SMILES string of the molecule is COCC(=O)N1CCN(C(=O)c2sccc2C)CCNC(=O)C2CCCCC21. The zero-order chi connectivity index (χ0) is 20.1. The summed E-state index contributed by atoms with van der Waals surface area (Å²) in [5.41, 5.74) is 0.954. The molecule has 1 aromatic rings. The van der Waals surface area contributed by atoms with Gasteiger partial charge in [0, 0.05) is 39.3 Å². The molecule has 1 saturated heterocycles. The molecule has 1 saturated carbocycles. The van der Waals surface area contributed by atoms with Gasteiger partial charge in [0.2, 0.25) is 11.8 Å². The van der Waals surface area contributed by atoms with Gasteiger partial charge in [-0.15, -0.1) is 11.3 Å². The van der Waals surface area contributed by atoms with E-state index >= 15 is 0 Å². The number of hydrogen-bond acceptors (Lipinski definition) is 5. The van der Waals surface area contributed by atoms with Crippen molar-refractivity contribution in [1.82, 2.24) is 15.1 Å². The van der Waals surface area contributed by atoms with Crippen molar-refractivity contribution in [3.05, 3.63) is 21.9 Å². The predicted octanol–water partition coefficient (Wildman–Crippen LogP) is 1.66. The van der Waals surface area contributed by atoms with Gasteiger partial charge < -0.3 is 19.9 Å². The number of fused-ring (bicyclic) bond motifs is 1. The first-order chi connectivity index (χ1) is 13.5. The number of nitrogens with one attached hydrogen (secondary N) is 1. The fraction of sp³-hybridized carbons (Fsp3) is 0.650. The van der Waals surface area contributed by atoms with E-state index in [1.54, 1.807) is 9.80 Å². The molecule has 0 spiro atoms. The second kappa shape index (κ2) is 9.52. The molecule has 0 radical (unpaired) electrons. The van der Waals surface area contributed by atoms with Gasteiger partial charge in [-0.25, -0.2) is 0 Å². The number of ether oxygens (including phenoxy) is 1. The molecule has 0 aromatic carbocycles. The zero-order valence-corrected chi connectivity index (χ0v) is 17.4. The third kappa shape index (κ3) is 4.55. The quantitative estimate of drug-likeness (QED) is 0.827. The van der Waals surface area contributed by atoms with Crippen LogP contribution in [0.15, 0.2) is 11.4 Å². The van der Waals surface area contributed by atoms with Gasteiger partial charge in [0.15, 0.2) is 0 Å². The lowest BCUT2D eigenvalue weighted by atomic mass is 9.82. The summed E-state index contributed by atoms with van der Waals surface area (Å²) in [7, 11) is 1.50. The second-order valence-electron chi connectivity index (χ2n) is 7.49. The summed E-state index contributed by atoms with van der Waals surface area (Å²) < 4.78 is 5.07. The summed E-state index contributed by atoms with van der Waals surface area (Å²) in [6, 6.07) is 1.80. The maximum atomic E-state index is 13.0. The number of thiophene rings is 1. The summed E-state index contributed by atoms with van der Waals surface area (Å²) >= 11 is 1.43. The largest absolute Gasteiger partial charge is 0.375 e. The van der Waals surface area contributed by atoms with Gasteiger partial charge in [-0.1, -0.05) is 12.8 Å². The topological polar surface area (TPSA) is 79.0 Å². The Morgan fingerprint density at radius 1 is 1.25 bits per heavy atom. The molecule has 2 atom stereocenters. The van der Waals surface area contributed by atoms with Crippen molar-refractivity contribution in [3.8, 4) is 0 Å². The Kier molecular flexibility index (Phi) is 7.07. The minimum Gasteiger partial charge on any atom is -0.375 e. The molecule has 1 aliphatic heterocycles. The van der Waals surface area contributed by atoms with Crippen LogP contribution in [0.4, 0.5) is 0 Å². The van der Waals surface area contributed by atoms with Crippen molar-refractivity contribution in [1.29, 1.82) is 0 Å². The zero-order valence-electron chi connectivity index (χ0n) is 16.6. The van der Waals surface area contributed by atoms with Crippen molar-refractivity contribution >= 4 is 29.1 Å². The third-order valence-electron chi connectivity index (χ3n) is 5.69. The maximum absolute atomic E-state index is 13.0. The average Bonchev–Trinajstić information content (AvgIpc) is 3.12. The number of aryl methyl sites for hydroxylation is 1. The van der Waals surface area contributed by atoms with Gasteiger partial charge in [0.1, 0.15) is 6.61 Å². The van der Waals surface area contributed by atoms with Crippen LogP contribution in [-0.4, -0.2) is 73.5 Å². The van der Waals surface area contributed by atoms with Crippen molar-refractivity contribution in [2.24, 2.45) is 5.92 Å². The lowest BCUT2D eigenvalue weighted by Gasteiger charge is -2.41. The molecule has 7 nitrogen and oxygen atoms in total. The predicted molar refractivity (Wildman–Crippen MR) is 107 cm³/mol. The average molecular weight is 408 g/mol. The molecule has 154 valence electrons. The normalized spacial score (nSPS) is 23.7. The lowest BCUT2D eigenvalue weighted by molar-refractivity contribution is -0.142. The fourth-order valence-corrected chi connectivity index (χ4v) is 5.09. The second-order valence-corrected chi connectivity index (χ2v) is 8.41. The van der Waals surface area contributed by atoms with Crippen LogP contribution < -0.4 is 5.32 Å². The van der Waals surface area contributed by atoms with E-state index < -0.39 is 0 Å². The van der Waals surface area contributed by atoms with E-state index in [0.29, 0.717) is 31.1 Å². The highest BCUT2D eigenvalue weighted by atomic mass is 32.1. The molecule has 8 heteroatoms. The monoisotopic (exact) mass is 407 g/mol. The molecule has 0 bridgehead atoms. The van der Waals surface area contributed by atoms with Crippen LogP contribution >= 0.6 is 11.3 Å². The number of rotatable bonds is 3. The molecule has 2 unspecified atom stereocenters. The molecule has 1 N–H and O–H groups in total. The van der Waals surface area contributed by atoms with E-state index in [-0.39, 0.29) is 36.3 Å². The van der Waals surface area contributed by atoms with Gasteiger partial charge in [-0.3, -0.25) is 14.4 Å². The number of carbonyl (C=O) groups excluding carboxylic acids is 3. The van der Waals surface area contributed by atoms with Crippen molar-refractivity contribution < 1.29 is 19.1 Å². The number of hydrogen-bond donors (Lipinski definition) is 1. The Morgan fingerprint density at radius 2 is 2.04 bits per heavy atom. The molecule has 1 aromatic heterocycles. The smallest absolute Gasteiger partial charge is 0.264 e. The standard InChI is InChI=1S/C20H29N3O4S/c1-14-7-12-28-18(14)20(26)22-9-8-21-19(25)15-5-3-4-6-16(15)23(11-10-22)17(24)13-27-2/h7,12,15-16H,3-6,8-11,13H2,1-2H3,(H,21,25). The Hall–Kier alpha value is -1.93. The van der Waals surface area contributed by atoms with Crippen LogP contribution in [-0.2, 0) is 14.3 Å². The summed E-state index contributed by atoms with van der Waals surface area (Å²) in [5, 5.41) is 4.90. The molecular weight excluding hydrogens is 378 g/mol. The van der Waals surface area contributed by atoms with Crippen molar-refractivity contribution in [2.75, 3.05) is 39.9 Å². The number of nitrogens with zero attached hydrogens (tertiary/aromatic N) is 2. The van der Waals surface area contributed by atoms with E-state index in [0.717, 1.165) is 31.2 Å². The maximum Gasteiger partial charge on any atom is 0.264 e. The van der Waals surface area contributed by atoms with Crippen LogP contribution in [0.2, 0.25) is 0 Å². The first kappa shape index (κ1) is 20.8. The Balaban J connectivity index is 1.83. The van der Waals surface area contributed by atoms with E-state index in [4.69, 9.17) is 4.74 Å². The van der Waals surface area contributed by atoms with E-state index in [1.165, 1.54) is 18.4 Å². The summed E-state index contributed by atoms with van der Waals surface area (Å²) in [6.45, 7) is 3.66. The van der Waals surface area contributed by atoms with Gasteiger partial charge in [0.25, 0.3) is 5.91 Å². The van der Waals surface area contributed by atoms with Crippen LogP contribution in [0.5, 0.6) is 0 Å². The highest BCUT2D eigenvalue weighted by molar-refractivity contribution is 7.12. The van der Waals surface area contributed by atoms with Crippen LogP contribution in [0.1, 0.15) is 40.9 Å². The molecule has 28 heavy (non-hydrogen) atoms. The Morgan fingerprint density at radius 3 is 2.75 bits per heavy atom. The van der Waals surface area contributed by atoms with Gasteiger partial charge in [0.05, 0.1) is 10.8 Å². The van der Waals surface area contributed by atoms with Crippen molar-refractivity contribution in [2.45, 2.75) is 38.6 Å². The minimum absolute atomic E-state index is 0.0111. The van der Waals surface area contributed by atoms with Crippen LogP contribution in [0.3, 0.4) is 0 Å². The number of amides is 3. The number of methoxy groups -OCH3 is 1. The third-order valence-corrected chi connectivity index (χ3v) is 6.69. The minimum atomic E-state index is -0.184. The molecule has 3 rings (SSSR count). The van der Waals surface area contributed by atoms with Crippen LogP contribution in [0.25, 0.3) is 0 Å². The van der Waals surface area contributed by atoms with Crippen molar-refractivity contribution in [3.63, 3.8) is 0 Å². The molecule has 3 amide bonds.